The van der Waals surface area contributed by atoms with E-state index in [0.717, 1.165) is 12.6 Å². The molecule has 0 aromatic heterocycles. The third-order valence-electron chi connectivity index (χ3n) is 3.41. The van der Waals surface area contributed by atoms with Crippen molar-refractivity contribution in [3.05, 3.63) is 0 Å². The molecule has 0 amide bonds. The van der Waals surface area contributed by atoms with Crippen LogP contribution < -0.4 is 0 Å². The van der Waals surface area contributed by atoms with Gasteiger partial charge in [0.15, 0.2) is 6.29 Å². The molecular weight excluding hydrogens is 190 g/mol. The summed E-state index contributed by atoms with van der Waals surface area (Å²) in [4.78, 5) is 2.39. The summed E-state index contributed by atoms with van der Waals surface area (Å²) in [5, 5.41) is 0. The smallest absolute Gasteiger partial charge is 0.169 e. The number of likely N-dealkylation sites (N-methyl/N-ethyl adjacent to an activating group) is 1. The normalized spacial score (nSPS) is 19.8. The largest absolute Gasteiger partial charge is 0.355 e. The van der Waals surface area contributed by atoms with Gasteiger partial charge >= 0.3 is 0 Å². The molecule has 1 saturated carbocycles. The first-order valence-corrected chi connectivity index (χ1v) is 6.03. The lowest BCUT2D eigenvalue weighted by Gasteiger charge is -2.29. The lowest BCUT2D eigenvalue weighted by molar-refractivity contribution is -0.118. The van der Waals surface area contributed by atoms with Gasteiger partial charge in [0.25, 0.3) is 0 Å². The van der Waals surface area contributed by atoms with Crippen LogP contribution in [-0.2, 0) is 9.47 Å². The topological polar surface area (TPSA) is 21.7 Å². The van der Waals surface area contributed by atoms with Crippen LogP contribution in [0.4, 0.5) is 0 Å². The minimum absolute atomic E-state index is 0.0850. The molecule has 0 aromatic rings. The second-order valence-corrected chi connectivity index (χ2v) is 4.49. The molecule has 0 aliphatic heterocycles. The van der Waals surface area contributed by atoms with Gasteiger partial charge < -0.3 is 9.47 Å². The molecule has 0 unspecified atom stereocenters. The Balaban J connectivity index is 2.33. The van der Waals surface area contributed by atoms with Gasteiger partial charge in [-0.2, -0.15) is 0 Å². The first-order valence-electron chi connectivity index (χ1n) is 6.03. The molecule has 0 bridgehead atoms. The lowest BCUT2D eigenvalue weighted by Crippen LogP contribution is -2.38. The van der Waals surface area contributed by atoms with E-state index in [-0.39, 0.29) is 6.29 Å². The molecule has 3 nitrogen and oxygen atoms in total. The van der Waals surface area contributed by atoms with E-state index in [2.05, 4.69) is 11.9 Å². The van der Waals surface area contributed by atoms with E-state index in [0.29, 0.717) is 0 Å². The quantitative estimate of drug-likeness (QED) is 0.518. The van der Waals surface area contributed by atoms with Gasteiger partial charge in [-0.1, -0.05) is 25.7 Å². The number of nitrogens with zero attached hydrogens (tertiary/aromatic N) is 1. The summed E-state index contributed by atoms with van der Waals surface area (Å²) in [6.45, 7) is 0.873. The summed E-state index contributed by atoms with van der Waals surface area (Å²) in [7, 11) is 5.59. The van der Waals surface area contributed by atoms with Gasteiger partial charge in [0.1, 0.15) is 0 Å². The van der Waals surface area contributed by atoms with Crippen LogP contribution in [-0.4, -0.2) is 45.0 Å². The maximum atomic E-state index is 5.23. The zero-order valence-corrected chi connectivity index (χ0v) is 10.4. The standard InChI is InChI=1S/C12H25NO2/c1-13(10-12(14-2)15-3)11-8-6-4-5-7-9-11/h11-12H,4-10H2,1-3H3. The van der Waals surface area contributed by atoms with E-state index in [1.807, 2.05) is 0 Å². The molecule has 1 fully saturated rings. The molecule has 3 heteroatoms. The Morgan fingerprint density at radius 3 is 2.07 bits per heavy atom. The molecule has 0 spiro atoms. The molecule has 1 aliphatic rings. The molecule has 0 atom stereocenters. The summed E-state index contributed by atoms with van der Waals surface area (Å²) in [6.07, 6.45) is 8.13. The fourth-order valence-corrected chi connectivity index (χ4v) is 2.33. The van der Waals surface area contributed by atoms with Gasteiger partial charge in [-0.25, -0.2) is 0 Å². The number of methoxy groups -OCH3 is 2. The van der Waals surface area contributed by atoms with E-state index in [1.165, 1.54) is 38.5 Å². The average molecular weight is 215 g/mol. The Bertz CT molecular complexity index is 152. The summed E-state index contributed by atoms with van der Waals surface area (Å²) in [5.41, 5.74) is 0. The van der Waals surface area contributed by atoms with Crippen molar-refractivity contribution in [3.8, 4) is 0 Å². The third kappa shape index (κ3) is 4.49. The van der Waals surface area contributed by atoms with Gasteiger partial charge in [-0.05, 0) is 19.9 Å². The highest BCUT2D eigenvalue weighted by Crippen LogP contribution is 2.21. The Labute approximate surface area is 93.7 Å². The monoisotopic (exact) mass is 215 g/mol. The molecule has 1 rings (SSSR count). The van der Waals surface area contributed by atoms with Crippen LogP contribution in [0.2, 0.25) is 0 Å². The predicted octanol–water partition coefficient (Wildman–Crippen LogP) is 2.26. The molecule has 90 valence electrons. The third-order valence-corrected chi connectivity index (χ3v) is 3.41. The van der Waals surface area contributed by atoms with E-state index >= 15 is 0 Å². The summed E-state index contributed by atoms with van der Waals surface area (Å²) >= 11 is 0. The molecule has 0 heterocycles. The minimum atomic E-state index is -0.0850. The Morgan fingerprint density at radius 1 is 1.07 bits per heavy atom. The van der Waals surface area contributed by atoms with Crippen molar-refractivity contribution in [2.24, 2.45) is 0 Å². The lowest BCUT2D eigenvalue weighted by atomic mass is 10.1. The minimum Gasteiger partial charge on any atom is -0.355 e. The van der Waals surface area contributed by atoms with E-state index in [9.17, 15) is 0 Å². The van der Waals surface area contributed by atoms with Crippen molar-refractivity contribution >= 4 is 0 Å². The second kappa shape index (κ2) is 7.20. The van der Waals surface area contributed by atoms with Gasteiger partial charge in [0, 0.05) is 26.8 Å². The summed E-state index contributed by atoms with van der Waals surface area (Å²) < 4.78 is 10.5. The second-order valence-electron chi connectivity index (χ2n) is 4.49. The highest BCUT2D eigenvalue weighted by molar-refractivity contribution is 4.72. The van der Waals surface area contributed by atoms with Gasteiger partial charge in [0.05, 0.1) is 0 Å². The number of hydrogen-bond acceptors (Lipinski definition) is 3. The van der Waals surface area contributed by atoms with E-state index in [4.69, 9.17) is 9.47 Å². The summed E-state index contributed by atoms with van der Waals surface area (Å²) in [5.74, 6) is 0. The van der Waals surface area contributed by atoms with Gasteiger partial charge in [-0.3, -0.25) is 4.90 Å². The number of hydrogen-bond donors (Lipinski definition) is 0. The number of rotatable bonds is 5. The highest BCUT2D eigenvalue weighted by atomic mass is 16.7. The molecule has 15 heavy (non-hydrogen) atoms. The van der Waals surface area contributed by atoms with E-state index < -0.39 is 0 Å². The predicted molar refractivity (Wildman–Crippen MR) is 61.9 cm³/mol. The maximum Gasteiger partial charge on any atom is 0.169 e. The SMILES string of the molecule is COC(CN(C)C1CCCCCC1)OC. The molecule has 0 radical (unpaired) electrons. The molecular formula is C12H25NO2. The van der Waals surface area contributed by atoms with Crippen LogP contribution >= 0.6 is 0 Å². The average Bonchev–Trinajstić information content (AvgIpc) is 2.54. The Hall–Kier alpha value is -0.120. The zero-order valence-electron chi connectivity index (χ0n) is 10.4. The van der Waals surface area contributed by atoms with Crippen molar-refractivity contribution in [2.75, 3.05) is 27.8 Å². The van der Waals surface area contributed by atoms with E-state index in [1.54, 1.807) is 14.2 Å². The Morgan fingerprint density at radius 2 is 1.60 bits per heavy atom. The highest BCUT2D eigenvalue weighted by Gasteiger charge is 2.19. The fourth-order valence-electron chi connectivity index (χ4n) is 2.33. The summed E-state index contributed by atoms with van der Waals surface area (Å²) in [6, 6.07) is 0.722. The first kappa shape index (κ1) is 12.9. The molecule has 1 aliphatic carbocycles. The van der Waals surface area contributed by atoms with Crippen molar-refractivity contribution in [3.63, 3.8) is 0 Å². The van der Waals surface area contributed by atoms with Crippen molar-refractivity contribution in [1.29, 1.82) is 0 Å². The van der Waals surface area contributed by atoms with Crippen LogP contribution in [0.25, 0.3) is 0 Å². The Kier molecular flexibility index (Phi) is 6.22. The van der Waals surface area contributed by atoms with Crippen molar-refractivity contribution in [1.82, 2.24) is 4.90 Å². The van der Waals surface area contributed by atoms with Gasteiger partial charge in [0.2, 0.25) is 0 Å². The maximum absolute atomic E-state index is 5.23. The van der Waals surface area contributed by atoms with Crippen molar-refractivity contribution < 1.29 is 9.47 Å². The van der Waals surface area contributed by atoms with Gasteiger partial charge in [-0.15, -0.1) is 0 Å². The van der Waals surface area contributed by atoms with Crippen LogP contribution in [0.5, 0.6) is 0 Å². The van der Waals surface area contributed by atoms with Crippen LogP contribution in [0, 0.1) is 0 Å². The van der Waals surface area contributed by atoms with Crippen LogP contribution in [0.1, 0.15) is 38.5 Å². The van der Waals surface area contributed by atoms with Crippen molar-refractivity contribution in [2.45, 2.75) is 50.9 Å². The molecule has 0 aromatic carbocycles. The van der Waals surface area contributed by atoms with Crippen LogP contribution in [0.15, 0.2) is 0 Å². The van der Waals surface area contributed by atoms with Crippen LogP contribution in [0.3, 0.4) is 0 Å². The first-order chi connectivity index (χ1) is 7.27. The zero-order chi connectivity index (χ0) is 11.1. The fraction of sp³-hybridized carbons (Fsp3) is 1.00. The number of ether oxygens (including phenoxy) is 2. The molecule has 0 saturated heterocycles. The molecule has 0 N–H and O–H groups in total.